The maximum atomic E-state index is 13.8. The van der Waals surface area contributed by atoms with Gasteiger partial charge in [-0.25, -0.2) is 4.39 Å². The number of ether oxygens (including phenoxy) is 2. The summed E-state index contributed by atoms with van der Waals surface area (Å²) in [6.07, 6.45) is 0.581. The highest BCUT2D eigenvalue weighted by Gasteiger charge is 2.11. The number of hydrogen-bond acceptors (Lipinski definition) is 3. The van der Waals surface area contributed by atoms with Crippen LogP contribution in [0.5, 0.6) is 17.2 Å². The Morgan fingerprint density at radius 3 is 2.89 bits per heavy atom. The molecule has 0 saturated heterocycles. The van der Waals surface area contributed by atoms with Crippen LogP contribution in [-0.2, 0) is 0 Å². The van der Waals surface area contributed by atoms with E-state index >= 15 is 0 Å². The van der Waals surface area contributed by atoms with E-state index in [0.29, 0.717) is 6.29 Å². The standard InChI is InChI=1S/C14H10ClFO3/c1-18-14-12(16)3-2-4-13(14)19-10-6-5-9(8-17)11(15)7-10/h2-8H,1H3/i1D3. The highest BCUT2D eigenvalue weighted by Crippen LogP contribution is 2.34. The van der Waals surface area contributed by atoms with Crippen molar-refractivity contribution in [3.05, 3.63) is 52.8 Å². The zero-order valence-electron chi connectivity index (χ0n) is 12.5. The van der Waals surface area contributed by atoms with Crippen molar-refractivity contribution >= 4 is 17.9 Å². The number of rotatable bonds is 4. The number of carbonyl (C=O) groups excluding carboxylic acids is 1. The van der Waals surface area contributed by atoms with Crippen molar-refractivity contribution in [1.82, 2.24) is 0 Å². The van der Waals surface area contributed by atoms with E-state index in [0.717, 1.165) is 6.07 Å². The van der Waals surface area contributed by atoms with E-state index in [2.05, 4.69) is 4.74 Å². The monoisotopic (exact) mass is 283 g/mol. The van der Waals surface area contributed by atoms with Gasteiger partial charge in [-0.1, -0.05) is 17.7 Å². The number of benzene rings is 2. The quantitative estimate of drug-likeness (QED) is 0.793. The zero-order chi connectivity index (χ0) is 16.3. The molecule has 2 aromatic rings. The minimum Gasteiger partial charge on any atom is -0.490 e. The average Bonchev–Trinajstić information content (AvgIpc) is 2.42. The van der Waals surface area contributed by atoms with Crippen LogP contribution in [0.1, 0.15) is 14.5 Å². The molecule has 0 atom stereocenters. The van der Waals surface area contributed by atoms with Crippen LogP contribution in [0.15, 0.2) is 36.4 Å². The summed E-state index contributed by atoms with van der Waals surface area (Å²) < 4.78 is 45.0. The number of halogens is 2. The van der Waals surface area contributed by atoms with Crippen molar-refractivity contribution in [2.45, 2.75) is 0 Å². The summed E-state index contributed by atoms with van der Waals surface area (Å²) in [5, 5.41) is 0.155. The van der Waals surface area contributed by atoms with Gasteiger partial charge in [0.2, 0.25) is 0 Å². The highest BCUT2D eigenvalue weighted by atomic mass is 35.5. The van der Waals surface area contributed by atoms with E-state index < -0.39 is 18.6 Å². The lowest BCUT2D eigenvalue weighted by Crippen LogP contribution is -1.93. The lowest BCUT2D eigenvalue weighted by molar-refractivity contribution is 0.112. The lowest BCUT2D eigenvalue weighted by atomic mass is 10.2. The zero-order valence-corrected chi connectivity index (χ0v) is 10.3. The molecule has 98 valence electrons. The Balaban J connectivity index is 2.35. The van der Waals surface area contributed by atoms with Crippen LogP contribution in [0.3, 0.4) is 0 Å². The van der Waals surface area contributed by atoms with Gasteiger partial charge in [0.25, 0.3) is 0 Å². The largest absolute Gasteiger partial charge is 0.490 e. The first-order chi connectivity index (χ1) is 10.3. The van der Waals surface area contributed by atoms with Gasteiger partial charge in [0.15, 0.2) is 23.6 Å². The molecule has 3 nitrogen and oxygen atoms in total. The Morgan fingerprint density at radius 2 is 2.21 bits per heavy atom. The lowest BCUT2D eigenvalue weighted by Gasteiger charge is -2.11. The molecular formula is C14H10ClFO3. The predicted octanol–water partition coefficient (Wildman–Crippen LogP) is 4.09. The fourth-order valence-electron chi connectivity index (χ4n) is 1.46. The van der Waals surface area contributed by atoms with Gasteiger partial charge in [-0.15, -0.1) is 0 Å². The molecule has 0 radical (unpaired) electrons. The Morgan fingerprint density at radius 1 is 1.37 bits per heavy atom. The van der Waals surface area contributed by atoms with Gasteiger partial charge >= 0.3 is 0 Å². The van der Waals surface area contributed by atoms with E-state index in [1.807, 2.05) is 0 Å². The van der Waals surface area contributed by atoms with Crippen LogP contribution in [0.25, 0.3) is 0 Å². The molecule has 0 unspecified atom stereocenters. The molecular weight excluding hydrogens is 271 g/mol. The van der Waals surface area contributed by atoms with E-state index in [9.17, 15) is 9.18 Å². The minimum absolute atomic E-state index is 0.119. The van der Waals surface area contributed by atoms with Crippen LogP contribution >= 0.6 is 11.6 Å². The first-order valence-electron chi connectivity index (χ1n) is 6.70. The van der Waals surface area contributed by atoms with Crippen molar-refractivity contribution in [2.75, 3.05) is 7.04 Å². The molecule has 0 amide bonds. The molecule has 0 aromatic heterocycles. The molecule has 19 heavy (non-hydrogen) atoms. The molecule has 0 aliphatic heterocycles. The summed E-state index contributed by atoms with van der Waals surface area (Å²) in [5.41, 5.74) is 0.271. The van der Waals surface area contributed by atoms with Crippen LogP contribution in [0.2, 0.25) is 5.02 Å². The van der Waals surface area contributed by atoms with Crippen molar-refractivity contribution in [2.24, 2.45) is 0 Å². The van der Waals surface area contributed by atoms with Gasteiger partial charge in [0.1, 0.15) is 5.75 Å². The number of carbonyl (C=O) groups is 1. The highest BCUT2D eigenvalue weighted by molar-refractivity contribution is 6.33. The van der Waals surface area contributed by atoms with Crippen molar-refractivity contribution in [1.29, 1.82) is 0 Å². The van der Waals surface area contributed by atoms with E-state index in [1.165, 1.54) is 30.3 Å². The number of methoxy groups -OCH3 is 1. The third-order valence-corrected chi connectivity index (χ3v) is 2.69. The topological polar surface area (TPSA) is 35.5 Å². The second-order valence-electron chi connectivity index (χ2n) is 3.57. The molecule has 0 N–H and O–H groups in total. The van der Waals surface area contributed by atoms with E-state index in [1.54, 1.807) is 0 Å². The van der Waals surface area contributed by atoms with Crippen LogP contribution < -0.4 is 9.47 Å². The molecule has 2 rings (SSSR count). The Labute approximate surface area is 118 Å². The number of hydrogen-bond donors (Lipinski definition) is 0. The summed E-state index contributed by atoms with van der Waals surface area (Å²) >= 11 is 5.87. The predicted molar refractivity (Wildman–Crippen MR) is 69.9 cm³/mol. The Kier molecular flexibility index (Phi) is 2.95. The number of aldehydes is 1. The third-order valence-electron chi connectivity index (χ3n) is 2.36. The third kappa shape index (κ3) is 2.85. The van der Waals surface area contributed by atoms with Gasteiger partial charge < -0.3 is 9.47 Å². The smallest absolute Gasteiger partial charge is 0.197 e. The SMILES string of the molecule is [2H]C([2H])([2H])Oc1c(F)cccc1Oc1ccc(C=O)c(Cl)c1. The van der Waals surface area contributed by atoms with Crippen LogP contribution in [0, 0.1) is 5.82 Å². The Hall–Kier alpha value is -2.07. The van der Waals surface area contributed by atoms with E-state index in [-0.39, 0.29) is 22.1 Å². The van der Waals surface area contributed by atoms with Crippen LogP contribution in [0.4, 0.5) is 4.39 Å². The first-order valence-corrected chi connectivity index (χ1v) is 5.58. The normalized spacial score (nSPS) is 13.1. The summed E-state index contributed by atoms with van der Waals surface area (Å²) in [6.45, 7) is 0. The minimum atomic E-state index is -2.82. The van der Waals surface area contributed by atoms with Crippen molar-refractivity contribution in [3.8, 4) is 17.2 Å². The maximum absolute atomic E-state index is 13.8. The van der Waals surface area contributed by atoms with Gasteiger partial charge in [0, 0.05) is 11.6 Å². The molecule has 0 saturated carbocycles. The maximum Gasteiger partial charge on any atom is 0.197 e. The second-order valence-corrected chi connectivity index (χ2v) is 3.98. The molecule has 0 bridgehead atoms. The van der Waals surface area contributed by atoms with Gasteiger partial charge in [-0.05, 0) is 24.3 Å². The average molecular weight is 284 g/mol. The number of para-hydroxylation sites is 1. The second kappa shape index (κ2) is 5.71. The summed E-state index contributed by atoms with van der Waals surface area (Å²) in [5.74, 6) is -1.31. The van der Waals surface area contributed by atoms with Crippen molar-refractivity contribution in [3.63, 3.8) is 0 Å². The molecule has 0 spiro atoms. The molecule has 2 aromatic carbocycles. The molecule has 0 fully saturated rings. The van der Waals surface area contributed by atoms with Gasteiger partial charge in [-0.3, -0.25) is 4.79 Å². The Bertz CT molecular complexity index is 704. The van der Waals surface area contributed by atoms with Gasteiger partial charge in [0.05, 0.1) is 16.2 Å². The van der Waals surface area contributed by atoms with Crippen LogP contribution in [-0.4, -0.2) is 13.3 Å². The molecule has 0 aliphatic rings. The summed E-state index contributed by atoms with van der Waals surface area (Å²) in [7, 11) is -2.82. The summed E-state index contributed by atoms with van der Waals surface area (Å²) in [4.78, 5) is 10.7. The van der Waals surface area contributed by atoms with Gasteiger partial charge in [-0.2, -0.15) is 0 Å². The molecule has 0 aliphatic carbocycles. The van der Waals surface area contributed by atoms with E-state index in [4.69, 9.17) is 20.5 Å². The van der Waals surface area contributed by atoms with Crippen molar-refractivity contribution < 1.29 is 22.8 Å². The summed E-state index contributed by atoms with van der Waals surface area (Å²) in [6, 6.07) is 7.98. The fraction of sp³-hybridized carbons (Fsp3) is 0.0714. The fourth-order valence-corrected chi connectivity index (χ4v) is 1.68. The first kappa shape index (κ1) is 9.81. The molecule has 0 heterocycles. The molecule has 5 heteroatoms.